The molecule has 4 rings (SSSR count). The summed E-state index contributed by atoms with van der Waals surface area (Å²) in [4.78, 5) is 29.6. The molecule has 0 aliphatic rings. The van der Waals surface area contributed by atoms with E-state index >= 15 is 0 Å². The molecular formula is C25H28N4O4. The molecule has 2 aromatic carbocycles. The van der Waals surface area contributed by atoms with Gasteiger partial charge in [-0.15, -0.1) is 0 Å². The van der Waals surface area contributed by atoms with Gasteiger partial charge in [-0.2, -0.15) is 0 Å². The fourth-order valence-corrected chi connectivity index (χ4v) is 3.67. The summed E-state index contributed by atoms with van der Waals surface area (Å²) in [6.45, 7) is 4.10. The van der Waals surface area contributed by atoms with Gasteiger partial charge in [-0.05, 0) is 56.4 Å². The van der Waals surface area contributed by atoms with E-state index in [9.17, 15) is 9.59 Å². The quantitative estimate of drug-likeness (QED) is 0.246. The molecule has 0 aliphatic carbocycles. The van der Waals surface area contributed by atoms with Crippen LogP contribution < -0.4 is 5.32 Å². The second-order valence-electron chi connectivity index (χ2n) is 7.97. The largest absolute Gasteiger partial charge is 0.478 e. The number of carbonyl (C=O) groups is 2. The number of aromatic nitrogens is 2. The summed E-state index contributed by atoms with van der Waals surface area (Å²) >= 11 is 0. The van der Waals surface area contributed by atoms with Crippen LogP contribution in [0, 0.1) is 6.92 Å². The molecule has 4 N–H and O–H groups in total. The van der Waals surface area contributed by atoms with Crippen LogP contribution in [0.3, 0.4) is 0 Å². The van der Waals surface area contributed by atoms with Gasteiger partial charge in [0.15, 0.2) is 0 Å². The number of aryl methyl sites for hydroxylation is 1. The molecule has 8 nitrogen and oxygen atoms in total. The standard InChI is InChI=1S/C21H24N4.C4H4O4/c1-14-13-23-21(22-11-6-12-25(2)3)19-18-16-8-5-4-7-15(16)9-10-17(18)24-20(14)19;5-3(6)1-2-4(7)8/h4-5,7-10,13,24H,6,11-12H2,1-3H3,(H,22,23);1-2H,(H,5,6)(H,7,8)/b;2-1+. The minimum absolute atomic E-state index is 0.558. The Labute approximate surface area is 191 Å². The van der Waals surface area contributed by atoms with Crippen molar-refractivity contribution in [1.82, 2.24) is 14.9 Å². The Morgan fingerprint density at radius 1 is 1.06 bits per heavy atom. The molecular weight excluding hydrogens is 420 g/mol. The Morgan fingerprint density at radius 2 is 1.76 bits per heavy atom. The molecule has 0 bridgehead atoms. The lowest BCUT2D eigenvalue weighted by Gasteiger charge is -2.11. The number of nitrogens with zero attached hydrogens (tertiary/aromatic N) is 2. The zero-order chi connectivity index (χ0) is 24.0. The molecule has 0 fully saturated rings. The normalized spacial score (nSPS) is 11.3. The van der Waals surface area contributed by atoms with Crippen LogP contribution in [-0.2, 0) is 9.59 Å². The first-order valence-corrected chi connectivity index (χ1v) is 10.6. The fraction of sp³-hybridized carbons (Fsp3) is 0.240. The molecule has 0 amide bonds. The predicted octanol–water partition coefficient (Wildman–Crippen LogP) is 4.25. The average Bonchev–Trinajstić information content (AvgIpc) is 3.18. The second-order valence-corrected chi connectivity index (χ2v) is 7.97. The van der Waals surface area contributed by atoms with Gasteiger partial charge in [-0.1, -0.05) is 30.3 Å². The third kappa shape index (κ3) is 5.87. The van der Waals surface area contributed by atoms with Crippen molar-refractivity contribution in [2.45, 2.75) is 13.3 Å². The Hall–Kier alpha value is -3.91. The number of H-pyrrole nitrogens is 1. The number of aliphatic carboxylic acids is 2. The van der Waals surface area contributed by atoms with Crippen molar-refractivity contribution >= 4 is 50.3 Å². The summed E-state index contributed by atoms with van der Waals surface area (Å²) in [6.07, 6.45) is 4.16. The molecule has 172 valence electrons. The van der Waals surface area contributed by atoms with Gasteiger partial charge in [0.05, 0.1) is 10.9 Å². The fourth-order valence-electron chi connectivity index (χ4n) is 3.67. The minimum atomic E-state index is -1.26. The molecule has 8 heteroatoms. The Kier molecular flexibility index (Phi) is 7.63. The van der Waals surface area contributed by atoms with E-state index in [4.69, 9.17) is 15.2 Å². The number of hydrogen-bond donors (Lipinski definition) is 4. The van der Waals surface area contributed by atoms with Gasteiger partial charge >= 0.3 is 11.9 Å². The van der Waals surface area contributed by atoms with Crippen molar-refractivity contribution in [3.05, 3.63) is 60.3 Å². The van der Waals surface area contributed by atoms with Gasteiger partial charge in [-0.3, -0.25) is 0 Å². The first-order valence-electron chi connectivity index (χ1n) is 10.6. The number of benzene rings is 2. The van der Waals surface area contributed by atoms with Crippen LogP contribution in [0.25, 0.3) is 32.6 Å². The van der Waals surface area contributed by atoms with E-state index in [1.165, 1.54) is 38.1 Å². The summed E-state index contributed by atoms with van der Waals surface area (Å²) in [7, 11) is 4.21. The van der Waals surface area contributed by atoms with Crippen molar-refractivity contribution < 1.29 is 19.8 Å². The zero-order valence-electron chi connectivity index (χ0n) is 18.9. The average molecular weight is 449 g/mol. The van der Waals surface area contributed by atoms with Crippen molar-refractivity contribution in [2.75, 3.05) is 32.5 Å². The van der Waals surface area contributed by atoms with Crippen molar-refractivity contribution in [3.63, 3.8) is 0 Å². The zero-order valence-corrected chi connectivity index (χ0v) is 18.9. The maximum absolute atomic E-state index is 9.55. The number of nitrogens with one attached hydrogen (secondary N) is 2. The molecule has 0 saturated heterocycles. The smallest absolute Gasteiger partial charge is 0.328 e. The number of anilines is 1. The summed E-state index contributed by atoms with van der Waals surface area (Å²) in [5.41, 5.74) is 3.52. The van der Waals surface area contributed by atoms with E-state index in [0.29, 0.717) is 12.2 Å². The molecule has 2 aromatic heterocycles. The highest BCUT2D eigenvalue weighted by atomic mass is 16.4. The number of fused-ring (bicyclic) bond motifs is 5. The van der Waals surface area contributed by atoms with Crippen LogP contribution in [0.4, 0.5) is 5.82 Å². The highest BCUT2D eigenvalue weighted by Gasteiger charge is 2.14. The van der Waals surface area contributed by atoms with Gasteiger partial charge < -0.3 is 25.4 Å². The van der Waals surface area contributed by atoms with Crippen LogP contribution >= 0.6 is 0 Å². The van der Waals surface area contributed by atoms with Gasteiger partial charge in [0.1, 0.15) is 5.82 Å². The molecule has 33 heavy (non-hydrogen) atoms. The number of carboxylic acid groups (broad SMARTS) is 2. The van der Waals surface area contributed by atoms with E-state index < -0.39 is 11.9 Å². The summed E-state index contributed by atoms with van der Waals surface area (Å²) in [5.74, 6) is -1.54. The molecule has 0 spiro atoms. The molecule has 0 unspecified atom stereocenters. The molecule has 2 heterocycles. The van der Waals surface area contributed by atoms with E-state index in [-0.39, 0.29) is 0 Å². The summed E-state index contributed by atoms with van der Waals surface area (Å²) in [6, 6.07) is 12.9. The maximum Gasteiger partial charge on any atom is 0.328 e. The third-order valence-corrected chi connectivity index (χ3v) is 5.15. The molecule has 0 saturated carbocycles. The Bertz CT molecular complexity index is 1310. The van der Waals surface area contributed by atoms with Crippen LogP contribution in [0.5, 0.6) is 0 Å². The van der Waals surface area contributed by atoms with Crippen molar-refractivity contribution in [2.24, 2.45) is 0 Å². The predicted molar refractivity (Wildman–Crippen MR) is 132 cm³/mol. The summed E-state index contributed by atoms with van der Waals surface area (Å²) in [5, 5.41) is 24.2. The molecule has 4 aromatic rings. The topological polar surface area (TPSA) is 119 Å². The molecule has 0 radical (unpaired) electrons. The molecule has 0 aliphatic heterocycles. The highest BCUT2D eigenvalue weighted by Crippen LogP contribution is 2.36. The van der Waals surface area contributed by atoms with Gasteiger partial charge in [0, 0.05) is 35.8 Å². The monoisotopic (exact) mass is 448 g/mol. The number of aromatic amines is 1. The lowest BCUT2D eigenvalue weighted by atomic mass is 10.0. The van der Waals surface area contributed by atoms with E-state index in [1.807, 2.05) is 6.20 Å². The maximum atomic E-state index is 9.55. The van der Waals surface area contributed by atoms with Crippen LogP contribution in [0.15, 0.2) is 54.7 Å². The minimum Gasteiger partial charge on any atom is -0.478 e. The molecule has 0 atom stereocenters. The van der Waals surface area contributed by atoms with Gasteiger partial charge in [-0.25, -0.2) is 14.6 Å². The van der Waals surface area contributed by atoms with Gasteiger partial charge in [0.2, 0.25) is 0 Å². The number of hydrogen-bond acceptors (Lipinski definition) is 5. The number of carboxylic acids is 2. The van der Waals surface area contributed by atoms with Crippen LogP contribution in [0.2, 0.25) is 0 Å². The van der Waals surface area contributed by atoms with E-state index in [0.717, 1.165) is 25.3 Å². The van der Waals surface area contributed by atoms with Crippen LogP contribution in [-0.4, -0.2) is 64.2 Å². The number of pyridine rings is 1. The van der Waals surface area contributed by atoms with Gasteiger partial charge in [0.25, 0.3) is 0 Å². The van der Waals surface area contributed by atoms with E-state index in [2.05, 4.69) is 72.6 Å². The van der Waals surface area contributed by atoms with Crippen molar-refractivity contribution in [3.8, 4) is 0 Å². The lowest BCUT2D eigenvalue weighted by Crippen LogP contribution is -2.16. The summed E-state index contributed by atoms with van der Waals surface area (Å²) < 4.78 is 0. The van der Waals surface area contributed by atoms with Crippen LogP contribution in [0.1, 0.15) is 12.0 Å². The second kappa shape index (κ2) is 10.6. The van der Waals surface area contributed by atoms with Crippen molar-refractivity contribution in [1.29, 1.82) is 0 Å². The SMILES string of the molecule is Cc1cnc(NCCCN(C)C)c2c1[nH]c1ccc3ccccc3c12.O=C(O)/C=C/C(=O)O. The highest BCUT2D eigenvalue weighted by molar-refractivity contribution is 6.23. The Morgan fingerprint density at radius 3 is 2.42 bits per heavy atom. The first kappa shape index (κ1) is 23.7. The third-order valence-electron chi connectivity index (χ3n) is 5.15. The number of rotatable bonds is 7. The first-order chi connectivity index (χ1) is 15.8. The lowest BCUT2D eigenvalue weighted by molar-refractivity contribution is -0.134. The van der Waals surface area contributed by atoms with E-state index in [1.54, 1.807) is 0 Å². The Balaban J connectivity index is 0.000000331.